The SMILES string of the molecule is CC(N)C1CCN(C(=O)c2cc3c(s2)CCC3)CC1.Cl. The van der Waals surface area contributed by atoms with E-state index in [1.807, 2.05) is 4.90 Å². The molecule has 0 spiro atoms. The molecule has 5 heteroatoms. The lowest BCUT2D eigenvalue weighted by atomic mass is 9.91. The number of hydrogen-bond donors (Lipinski definition) is 1. The first-order chi connectivity index (χ1) is 9.15. The average molecular weight is 315 g/mol. The van der Waals surface area contributed by atoms with Crippen molar-refractivity contribution in [1.29, 1.82) is 0 Å². The van der Waals surface area contributed by atoms with Crippen LogP contribution in [0.4, 0.5) is 0 Å². The number of amides is 1. The first-order valence-corrected chi connectivity index (χ1v) is 8.13. The summed E-state index contributed by atoms with van der Waals surface area (Å²) in [5, 5.41) is 0. The number of fused-ring (bicyclic) bond motifs is 1. The van der Waals surface area contributed by atoms with Gasteiger partial charge in [-0.1, -0.05) is 0 Å². The number of carbonyl (C=O) groups is 1. The van der Waals surface area contributed by atoms with Crippen LogP contribution in [-0.4, -0.2) is 29.9 Å². The van der Waals surface area contributed by atoms with Gasteiger partial charge < -0.3 is 10.6 Å². The van der Waals surface area contributed by atoms with Crippen LogP contribution in [0.3, 0.4) is 0 Å². The molecular weight excluding hydrogens is 292 g/mol. The molecule has 1 aromatic rings. The number of thiophene rings is 1. The van der Waals surface area contributed by atoms with Crippen LogP contribution < -0.4 is 5.73 Å². The standard InChI is InChI=1S/C15H22N2OS.ClH/c1-10(16)11-5-7-17(8-6-11)15(18)14-9-12-3-2-4-13(12)19-14;/h9-11H,2-8,16H2,1H3;1H. The number of nitrogens with two attached hydrogens (primary N) is 1. The summed E-state index contributed by atoms with van der Waals surface area (Å²) < 4.78 is 0. The highest BCUT2D eigenvalue weighted by atomic mass is 35.5. The summed E-state index contributed by atoms with van der Waals surface area (Å²) >= 11 is 1.71. The molecule has 1 amide bonds. The molecule has 1 unspecified atom stereocenters. The Balaban J connectivity index is 0.00000147. The van der Waals surface area contributed by atoms with Gasteiger partial charge in [-0.3, -0.25) is 4.79 Å². The van der Waals surface area contributed by atoms with Crippen molar-refractivity contribution < 1.29 is 4.79 Å². The largest absolute Gasteiger partial charge is 0.338 e. The maximum Gasteiger partial charge on any atom is 0.263 e. The van der Waals surface area contributed by atoms with Crippen LogP contribution in [0.1, 0.15) is 46.3 Å². The van der Waals surface area contributed by atoms with E-state index in [4.69, 9.17) is 5.73 Å². The Morgan fingerprint density at radius 2 is 2.10 bits per heavy atom. The fourth-order valence-electron chi connectivity index (χ4n) is 3.22. The molecule has 2 aliphatic rings. The minimum Gasteiger partial charge on any atom is -0.338 e. The van der Waals surface area contributed by atoms with E-state index in [0.29, 0.717) is 5.92 Å². The molecule has 0 bridgehead atoms. The van der Waals surface area contributed by atoms with Crippen molar-refractivity contribution in [2.75, 3.05) is 13.1 Å². The van der Waals surface area contributed by atoms with Crippen LogP contribution in [-0.2, 0) is 12.8 Å². The highest BCUT2D eigenvalue weighted by molar-refractivity contribution is 7.14. The first-order valence-electron chi connectivity index (χ1n) is 7.31. The van der Waals surface area contributed by atoms with Crippen molar-refractivity contribution in [1.82, 2.24) is 4.90 Å². The summed E-state index contributed by atoms with van der Waals surface area (Å²) in [6, 6.07) is 2.38. The molecule has 3 nitrogen and oxygen atoms in total. The predicted molar refractivity (Wildman–Crippen MR) is 85.9 cm³/mol. The molecule has 1 saturated heterocycles. The Morgan fingerprint density at radius 3 is 2.70 bits per heavy atom. The molecule has 0 aromatic carbocycles. The highest BCUT2D eigenvalue weighted by Gasteiger charge is 2.27. The Kier molecular flexibility index (Phi) is 5.10. The van der Waals surface area contributed by atoms with Gasteiger partial charge >= 0.3 is 0 Å². The second kappa shape index (κ2) is 6.46. The molecule has 3 rings (SSSR count). The Bertz CT molecular complexity index is 457. The number of rotatable bonds is 2. The topological polar surface area (TPSA) is 46.3 Å². The Labute approximate surface area is 130 Å². The molecule has 0 radical (unpaired) electrons. The fourth-order valence-corrected chi connectivity index (χ4v) is 4.44. The molecule has 20 heavy (non-hydrogen) atoms. The molecule has 1 aromatic heterocycles. The van der Waals surface area contributed by atoms with Crippen molar-refractivity contribution >= 4 is 29.7 Å². The van der Waals surface area contributed by atoms with E-state index < -0.39 is 0 Å². The summed E-state index contributed by atoms with van der Waals surface area (Å²) in [5.41, 5.74) is 7.36. The minimum atomic E-state index is 0. The summed E-state index contributed by atoms with van der Waals surface area (Å²) in [6.07, 6.45) is 5.68. The summed E-state index contributed by atoms with van der Waals surface area (Å²) in [4.78, 5) is 16.9. The smallest absolute Gasteiger partial charge is 0.263 e. The van der Waals surface area contributed by atoms with Crippen molar-refractivity contribution in [2.45, 2.75) is 45.1 Å². The zero-order chi connectivity index (χ0) is 13.4. The second-order valence-electron chi connectivity index (χ2n) is 5.90. The lowest BCUT2D eigenvalue weighted by Crippen LogP contribution is -2.42. The van der Waals surface area contributed by atoms with Gasteiger partial charge in [0.05, 0.1) is 4.88 Å². The molecule has 2 heterocycles. The van der Waals surface area contributed by atoms with Gasteiger partial charge in [-0.2, -0.15) is 0 Å². The quantitative estimate of drug-likeness (QED) is 0.912. The van der Waals surface area contributed by atoms with Crippen molar-refractivity contribution in [3.8, 4) is 0 Å². The lowest BCUT2D eigenvalue weighted by Gasteiger charge is -2.33. The number of halogens is 1. The molecule has 0 saturated carbocycles. The van der Waals surface area contributed by atoms with Crippen molar-refractivity contribution in [3.63, 3.8) is 0 Å². The molecule has 112 valence electrons. The van der Waals surface area contributed by atoms with E-state index in [0.717, 1.165) is 37.2 Å². The van der Waals surface area contributed by atoms with Crippen LogP contribution in [0.15, 0.2) is 6.07 Å². The van der Waals surface area contributed by atoms with Gasteiger partial charge in [0.25, 0.3) is 5.91 Å². The summed E-state index contributed by atoms with van der Waals surface area (Å²) in [7, 11) is 0. The van der Waals surface area contributed by atoms with E-state index in [-0.39, 0.29) is 24.4 Å². The van der Waals surface area contributed by atoms with E-state index in [2.05, 4.69) is 13.0 Å². The Hall–Kier alpha value is -0.580. The highest BCUT2D eigenvalue weighted by Crippen LogP contribution is 2.32. The van der Waals surface area contributed by atoms with Gasteiger partial charge in [-0.25, -0.2) is 0 Å². The fraction of sp³-hybridized carbons (Fsp3) is 0.667. The average Bonchev–Trinajstić information content (AvgIpc) is 2.98. The number of piperidine rings is 1. The van der Waals surface area contributed by atoms with Gasteiger partial charge in [-0.15, -0.1) is 23.7 Å². The first kappa shape index (κ1) is 15.8. The molecule has 1 fully saturated rings. The normalized spacial score (nSPS) is 20.4. The second-order valence-corrected chi connectivity index (χ2v) is 7.04. The maximum atomic E-state index is 12.5. The van der Waals surface area contributed by atoms with Crippen molar-refractivity contribution in [2.24, 2.45) is 11.7 Å². The van der Waals surface area contributed by atoms with Crippen molar-refractivity contribution in [3.05, 3.63) is 21.4 Å². The third-order valence-corrected chi connectivity index (χ3v) is 5.75. The third kappa shape index (κ3) is 3.02. The number of likely N-dealkylation sites (tertiary alicyclic amines) is 1. The van der Waals surface area contributed by atoms with Crippen LogP contribution in [0, 0.1) is 5.92 Å². The van der Waals surface area contributed by atoms with Crippen LogP contribution in [0.2, 0.25) is 0 Å². The number of aryl methyl sites for hydroxylation is 2. The zero-order valence-corrected chi connectivity index (χ0v) is 13.6. The summed E-state index contributed by atoms with van der Waals surface area (Å²) in [6.45, 7) is 3.81. The van der Waals surface area contributed by atoms with Gasteiger partial charge in [-0.05, 0) is 56.6 Å². The zero-order valence-electron chi connectivity index (χ0n) is 11.9. The molecule has 2 N–H and O–H groups in total. The lowest BCUT2D eigenvalue weighted by molar-refractivity contribution is 0.0686. The number of carbonyl (C=O) groups excluding carboxylic acids is 1. The minimum absolute atomic E-state index is 0. The Morgan fingerprint density at radius 1 is 1.40 bits per heavy atom. The van der Waals surface area contributed by atoms with E-state index in [1.165, 1.54) is 23.3 Å². The van der Waals surface area contributed by atoms with Crippen LogP contribution in [0.25, 0.3) is 0 Å². The monoisotopic (exact) mass is 314 g/mol. The molecule has 1 atom stereocenters. The van der Waals surface area contributed by atoms with Gasteiger partial charge in [0.1, 0.15) is 0 Å². The molecule has 1 aliphatic heterocycles. The number of nitrogens with zero attached hydrogens (tertiary/aromatic N) is 1. The summed E-state index contributed by atoms with van der Waals surface area (Å²) in [5.74, 6) is 0.819. The van der Waals surface area contributed by atoms with E-state index >= 15 is 0 Å². The molecule has 1 aliphatic carbocycles. The van der Waals surface area contributed by atoms with Crippen LogP contribution >= 0.6 is 23.7 Å². The predicted octanol–water partition coefficient (Wildman–Crippen LogP) is 2.86. The van der Waals surface area contributed by atoms with Crippen LogP contribution in [0.5, 0.6) is 0 Å². The van der Waals surface area contributed by atoms with Gasteiger partial charge in [0.2, 0.25) is 0 Å². The van der Waals surface area contributed by atoms with Gasteiger partial charge in [0, 0.05) is 24.0 Å². The van der Waals surface area contributed by atoms with E-state index in [1.54, 1.807) is 11.3 Å². The van der Waals surface area contributed by atoms with E-state index in [9.17, 15) is 4.79 Å². The molecular formula is C15H23ClN2OS. The maximum absolute atomic E-state index is 12.5. The van der Waals surface area contributed by atoms with Gasteiger partial charge in [0.15, 0.2) is 0 Å². The third-order valence-electron chi connectivity index (χ3n) is 4.53. The number of hydrogen-bond acceptors (Lipinski definition) is 3.